The van der Waals surface area contributed by atoms with Crippen LogP contribution in [0.15, 0.2) is 61.1 Å². The zero-order chi connectivity index (χ0) is 32.7. The average Bonchev–Trinajstić information content (AvgIpc) is 3.69. The van der Waals surface area contributed by atoms with Crippen molar-refractivity contribution in [2.45, 2.75) is 38.5 Å². The van der Waals surface area contributed by atoms with Crippen molar-refractivity contribution in [1.29, 1.82) is 0 Å². The van der Waals surface area contributed by atoms with Gasteiger partial charge in [0.15, 0.2) is 11.6 Å². The number of benzene rings is 2. The van der Waals surface area contributed by atoms with E-state index >= 15 is 4.39 Å². The van der Waals surface area contributed by atoms with Crippen LogP contribution in [-0.4, -0.2) is 56.5 Å². The van der Waals surface area contributed by atoms with E-state index in [1.807, 2.05) is 0 Å². The Hall–Kier alpha value is -5.04. The highest BCUT2D eigenvalue weighted by Gasteiger charge is 2.23. The molecule has 7 rings (SSSR count). The lowest BCUT2D eigenvalue weighted by molar-refractivity contribution is -0.120. The van der Waals surface area contributed by atoms with E-state index in [9.17, 15) is 17.6 Å². The third-order valence-electron chi connectivity index (χ3n) is 8.57. The first kappa shape index (κ1) is 30.6. The number of amides is 1. The second-order valence-corrected chi connectivity index (χ2v) is 14.3. The standard InChI is InChI=1S/C34H31F2N7O3S/c1-47(45,46)11-10-19-12-21(14-23(35)13-19)25-8-5-9-26-31(25)41-33(40-26)32-28-27(42-43-32)18-38-30(29(28)36)22-15-24(17-37-16-22)39-34(44)20-6-3-2-4-7-20/h5,8-9,12-18,20H,2-4,6-7,10-11H2,1H3,(H,39,44)(H,40,41)(H,42,43). The Morgan fingerprint density at radius 1 is 0.979 bits per heavy atom. The van der Waals surface area contributed by atoms with Crippen LogP contribution in [0.3, 0.4) is 0 Å². The molecule has 1 aliphatic carbocycles. The summed E-state index contributed by atoms with van der Waals surface area (Å²) in [5.41, 5.74) is 4.31. The molecule has 10 nitrogen and oxygen atoms in total. The fourth-order valence-electron chi connectivity index (χ4n) is 6.23. The van der Waals surface area contributed by atoms with E-state index in [2.05, 4.69) is 30.5 Å². The van der Waals surface area contributed by atoms with Crippen LogP contribution in [0.1, 0.15) is 37.7 Å². The van der Waals surface area contributed by atoms with E-state index < -0.39 is 21.5 Å². The van der Waals surface area contributed by atoms with Crippen LogP contribution in [0.4, 0.5) is 14.5 Å². The number of H-pyrrole nitrogens is 2. The lowest BCUT2D eigenvalue weighted by atomic mass is 9.88. The molecule has 1 saturated carbocycles. The van der Waals surface area contributed by atoms with Crippen molar-refractivity contribution in [1.82, 2.24) is 30.1 Å². The number of imidazole rings is 1. The van der Waals surface area contributed by atoms with E-state index in [1.54, 1.807) is 30.3 Å². The van der Waals surface area contributed by atoms with Crippen LogP contribution in [0.2, 0.25) is 0 Å². The number of para-hydroxylation sites is 1. The number of aromatic nitrogens is 6. The van der Waals surface area contributed by atoms with Gasteiger partial charge in [0, 0.05) is 29.5 Å². The molecule has 4 aromatic heterocycles. The largest absolute Gasteiger partial charge is 0.337 e. The summed E-state index contributed by atoms with van der Waals surface area (Å²) in [6.07, 6.45) is 10.7. The fourth-order valence-corrected chi connectivity index (χ4v) is 6.83. The predicted molar refractivity (Wildman–Crippen MR) is 176 cm³/mol. The molecule has 2 aromatic carbocycles. The van der Waals surface area contributed by atoms with Gasteiger partial charge < -0.3 is 10.3 Å². The van der Waals surface area contributed by atoms with E-state index in [1.165, 1.54) is 30.7 Å². The first-order valence-electron chi connectivity index (χ1n) is 15.4. The van der Waals surface area contributed by atoms with Crippen molar-refractivity contribution >= 4 is 43.4 Å². The van der Waals surface area contributed by atoms with Gasteiger partial charge in [0.25, 0.3) is 0 Å². The van der Waals surface area contributed by atoms with Crippen LogP contribution in [0.25, 0.3) is 55.8 Å². The van der Waals surface area contributed by atoms with Gasteiger partial charge in [-0.05, 0) is 54.7 Å². The Morgan fingerprint density at radius 2 is 1.81 bits per heavy atom. The number of sulfone groups is 1. The molecule has 240 valence electrons. The van der Waals surface area contributed by atoms with E-state index in [4.69, 9.17) is 4.98 Å². The molecule has 0 bridgehead atoms. The third-order valence-corrected chi connectivity index (χ3v) is 9.51. The number of nitrogens with zero attached hydrogens (tertiary/aromatic N) is 4. The van der Waals surface area contributed by atoms with Crippen molar-refractivity contribution in [3.63, 3.8) is 0 Å². The Morgan fingerprint density at radius 3 is 2.62 bits per heavy atom. The van der Waals surface area contributed by atoms with Crippen molar-refractivity contribution in [3.8, 4) is 33.9 Å². The molecule has 0 saturated heterocycles. The second kappa shape index (κ2) is 12.3. The molecule has 4 heterocycles. The molecule has 3 N–H and O–H groups in total. The van der Waals surface area contributed by atoms with Crippen LogP contribution in [0.5, 0.6) is 0 Å². The lowest BCUT2D eigenvalue weighted by Gasteiger charge is -2.20. The van der Waals surface area contributed by atoms with Crippen molar-refractivity contribution in [2.24, 2.45) is 5.92 Å². The van der Waals surface area contributed by atoms with Gasteiger partial charge in [-0.2, -0.15) is 5.10 Å². The normalized spacial score (nSPS) is 14.2. The molecule has 47 heavy (non-hydrogen) atoms. The third kappa shape index (κ3) is 6.35. The topological polar surface area (TPSA) is 146 Å². The lowest BCUT2D eigenvalue weighted by Crippen LogP contribution is -2.24. The maximum atomic E-state index is 16.3. The number of hydrogen-bond acceptors (Lipinski definition) is 7. The molecule has 1 amide bonds. The van der Waals surface area contributed by atoms with Crippen molar-refractivity contribution < 1.29 is 22.0 Å². The average molecular weight is 656 g/mol. The van der Waals surface area contributed by atoms with Crippen LogP contribution < -0.4 is 5.32 Å². The molecular weight excluding hydrogens is 624 g/mol. The second-order valence-electron chi connectivity index (χ2n) is 12.1. The summed E-state index contributed by atoms with van der Waals surface area (Å²) in [5, 5.41) is 10.3. The molecule has 1 fully saturated rings. The number of carbonyl (C=O) groups is 1. The van der Waals surface area contributed by atoms with Crippen molar-refractivity contribution in [3.05, 3.63) is 78.3 Å². The summed E-state index contributed by atoms with van der Waals surface area (Å²) in [6.45, 7) is 0. The highest BCUT2D eigenvalue weighted by molar-refractivity contribution is 7.90. The van der Waals surface area contributed by atoms with Gasteiger partial charge in [-0.3, -0.25) is 19.9 Å². The number of carbonyl (C=O) groups excluding carboxylic acids is 1. The van der Waals surface area contributed by atoms with Crippen LogP contribution in [0, 0.1) is 17.6 Å². The summed E-state index contributed by atoms with van der Waals surface area (Å²) >= 11 is 0. The Kier molecular flexibility index (Phi) is 8.00. The molecule has 0 atom stereocenters. The first-order chi connectivity index (χ1) is 22.6. The van der Waals surface area contributed by atoms with Gasteiger partial charge >= 0.3 is 0 Å². The number of aryl methyl sites for hydroxylation is 1. The maximum Gasteiger partial charge on any atom is 0.227 e. The monoisotopic (exact) mass is 655 g/mol. The zero-order valence-corrected chi connectivity index (χ0v) is 26.3. The summed E-state index contributed by atoms with van der Waals surface area (Å²) in [7, 11) is -3.23. The molecule has 0 spiro atoms. The summed E-state index contributed by atoms with van der Waals surface area (Å²) in [6, 6.07) is 11.5. The molecule has 1 aliphatic rings. The highest BCUT2D eigenvalue weighted by atomic mass is 32.2. The Bertz CT molecular complexity index is 2260. The van der Waals surface area contributed by atoms with Gasteiger partial charge in [0.2, 0.25) is 5.91 Å². The molecule has 6 aromatic rings. The summed E-state index contributed by atoms with van der Waals surface area (Å²) in [4.78, 5) is 29.4. The molecule has 0 unspecified atom stereocenters. The van der Waals surface area contributed by atoms with Crippen molar-refractivity contribution in [2.75, 3.05) is 17.3 Å². The number of nitrogens with one attached hydrogen (secondary N) is 3. The predicted octanol–water partition coefficient (Wildman–Crippen LogP) is 6.61. The molecule has 0 radical (unpaired) electrons. The van der Waals surface area contributed by atoms with Crippen LogP contribution >= 0.6 is 0 Å². The smallest absolute Gasteiger partial charge is 0.227 e. The van der Waals surface area contributed by atoms with E-state index in [0.29, 0.717) is 44.5 Å². The van der Waals surface area contributed by atoms with Crippen LogP contribution in [-0.2, 0) is 21.1 Å². The van der Waals surface area contributed by atoms with E-state index in [-0.39, 0.29) is 46.6 Å². The molecule has 0 aliphatic heterocycles. The minimum Gasteiger partial charge on any atom is -0.337 e. The van der Waals surface area contributed by atoms with Gasteiger partial charge in [-0.25, -0.2) is 22.2 Å². The van der Waals surface area contributed by atoms with Gasteiger partial charge in [-0.1, -0.05) is 37.5 Å². The summed E-state index contributed by atoms with van der Waals surface area (Å²) < 4.78 is 54.4. The van der Waals surface area contributed by atoms with Gasteiger partial charge in [-0.15, -0.1) is 0 Å². The SMILES string of the molecule is CS(=O)(=O)CCc1cc(F)cc(-c2cccc3[nH]c(-c4n[nH]c5cnc(-c6cncc(NC(=O)C7CCCCC7)c6)c(F)c45)nc23)c1. The minimum atomic E-state index is -3.23. The number of fused-ring (bicyclic) bond motifs is 2. The molecule has 13 heteroatoms. The fraction of sp³-hybridized carbons (Fsp3) is 0.265. The Labute approximate surface area is 269 Å². The quantitative estimate of drug-likeness (QED) is 0.167. The minimum absolute atomic E-state index is 0.0413. The highest BCUT2D eigenvalue weighted by Crippen LogP contribution is 2.35. The maximum absolute atomic E-state index is 16.3. The number of halogens is 2. The van der Waals surface area contributed by atoms with Gasteiger partial charge in [0.1, 0.15) is 27.0 Å². The first-order valence-corrected chi connectivity index (χ1v) is 17.4. The number of anilines is 1. The van der Waals surface area contributed by atoms with E-state index in [0.717, 1.165) is 38.4 Å². The number of pyridine rings is 2. The number of aromatic amines is 2. The number of hydrogen-bond donors (Lipinski definition) is 3. The number of rotatable bonds is 8. The summed E-state index contributed by atoms with van der Waals surface area (Å²) in [5.74, 6) is -1.04. The molecular formula is C34H31F2N7O3S. The van der Waals surface area contributed by atoms with Gasteiger partial charge in [0.05, 0.1) is 45.8 Å². The Balaban J connectivity index is 1.24. The zero-order valence-electron chi connectivity index (χ0n) is 25.5.